The Morgan fingerprint density at radius 1 is 1.35 bits per heavy atom. The molecule has 0 aliphatic rings. The summed E-state index contributed by atoms with van der Waals surface area (Å²) < 4.78 is 0. The molecule has 0 unspecified atom stereocenters. The van der Waals surface area contributed by atoms with E-state index in [-0.39, 0.29) is 0 Å². The van der Waals surface area contributed by atoms with Crippen molar-refractivity contribution in [3.8, 4) is 6.07 Å². The minimum Gasteiger partial charge on any atom is -0.378 e. The van der Waals surface area contributed by atoms with Gasteiger partial charge in [0.05, 0.1) is 23.5 Å². The first-order valence-corrected chi connectivity index (χ1v) is 5.29. The number of hydrogen-bond acceptors (Lipinski definition) is 4. The first kappa shape index (κ1) is 11.1. The monoisotopic (exact) mass is 224 g/mol. The second kappa shape index (κ2) is 5.08. The molecule has 1 aromatic heterocycles. The van der Waals surface area contributed by atoms with Crippen LogP contribution in [0.15, 0.2) is 36.8 Å². The van der Waals surface area contributed by atoms with Crippen LogP contribution in [0.1, 0.15) is 16.8 Å². The highest BCUT2D eigenvalue weighted by molar-refractivity contribution is 5.60. The molecular weight excluding hydrogens is 212 g/mol. The van der Waals surface area contributed by atoms with E-state index in [2.05, 4.69) is 21.4 Å². The maximum atomic E-state index is 9.08. The molecule has 0 aliphatic heterocycles. The van der Waals surface area contributed by atoms with E-state index in [9.17, 15) is 0 Å². The van der Waals surface area contributed by atoms with Crippen LogP contribution in [-0.4, -0.2) is 9.97 Å². The van der Waals surface area contributed by atoms with Crippen LogP contribution in [0.4, 0.5) is 5.69 Å². The molecule has 0 spiro atoms. The van der Waals surface area contributed by atoms with E-state index in [0.717, 1.165) is 16.9 Å². The van der Waals surface area contributed by atoms with E-state index in [1.54, 1.807) is 6.20 Å². The first-order chi connectivity index (χ1) is 8.31. The lowest BCUT2D eigenvalue weighted by atomic mass is 10.1. The molecule has 0 saturated carbocycles. The second-order valence-electron chi connectivity index (χ2n) is 3.66. The number of hydrogen-bond donors (Lipinski definition) is 1. The summed E-state index contributed by atoms with van der Waals surface area (Å²) in [5, 5.41) is 12.3. The van der Waals surface area contributed by atoms with Crippen LogP contribution in [0.2, 0.25) is 0 Å². The number of anilines is 1. The van der Waals surface area contributed by atoms with Crippen LogP contribution < -0.4 is 5.32 Å². The van der Waals surface area contributed by atoms with Crippen LogP contribution in [0.25, 0.3) is 0 Å². The Morgan fingerprint density at radius 2 is 2.24 bits per heavy atom. The smallest absolute Gasteiger partial charge is 0.115 e. The number of nitriles is 1. The fourth-order valence-electron chi connectivity index (χ4n) is 1.57. The van der Waals surface area contributed by atoms with Crippen molar-refractivity contribution in [3.05, 3.63) is 53.6 Å². The third-order valence-electron chi connectivity index (χ3n) is 2.49. The molecule has 0 atom stereocenters. The molecule has 0 fully saturated rings. The number of nitrogens with one attached hydrogen (secondary N) is 1. The van der Waals surface area contributed by atoms with Gasteiger partial charge in [-0.05, 0) is 24.6 Å². The van der Waals surface area contributed by atoms with Crippen molar-refractivity contribution in [1.29, 1.82) is 5.26 Å². The number of rotatable bonds is 3. The van der Waals surface area contributed by atoms with Crippen LogP contribution >= 0.6 is 0 Å². The van der Waals surface area contributed by atoms with Gasteiger partial charge in [-0.2, -0.15) is 5.26 Å². The highest BCUT2D eigenvalue weighted by Crippen LogP contribution is 2.18. The summed E-state index contributed by atoms with van der Waals surface area (Å²) in [6.07, 6.45) is 3.21. The van der Waals surface area contributed by atoms with E-state index in [1.165, 1.54) is 6.33 Å². The summed E-state index contributed by atoms with van der Waals surface area (Å²) in [7, 11) is 0. The summed E-state index contributed by atoms with van der Waals surface area (Å²) in [5.41, 5.74) is 3.39. The van der Waals surface area contributed by atoms with Gasteiger partial charge in [-0.1, -0.05) is 12.1 Å². The van der Waals surface area contributed by atoms with Crippen molar-refractivity contribution in [3.63, 3.8) is 0 Å². The van der Waals surface area contributed by atoms with Gasteiger partial charge in [0.2, 0.25) is 0 Å². The summed E-state index contributed by atoms with van der Waals surface area (Å²) in [6, 6.07) is 9.80. The zero-order valence-corrected chi connectivity index (χ0v) is 9.51. The van der Waals surface area contributed by atoms with Gasteiger partial charge in [0.25, 0.3) is 0 Å². The zero-order valence-electron chi connectivity index (χ0n) is 9.51. The maximum absolute atomic E-state index is 9.08. The topological polar surface area (TPSA) is 61.6 Å². The molecule has 17 heavy (non-hydrogen) atoms. The normalized spacial score (nSPS) is 9.65. The van der Waals surface area contributed by atoms with Gasteiger partial charge in [0.1, 0.15) is 12.4 Å². The minimum atomic E-state index is 0.584. The fourth-order valence-corrected chi connectivity index (χ4v) is 1.57. The van der Waals surface area contributed by atoms with Crippen molar-refractivity contribution in [2.75, 3.05) is 5.32 Å². The van der Waals surface area contributed by atoms with Crippen molar-refractivity contribution in [2.45, 2.75) is 13.5 Å². The average Bonchev–Trinajstić information content (AvgIpc) is 2.37. The Labute approximate surface area is 100.0 Å². The lowest BCUT2D eigenvalue weighted by Crippen LogP contribution is -2.03. The maximum Gasteiger partial charge on any atom is 0.115 e. The molecule has 1 aromatic carbocycles. The standard InChI is InChI=1S/C13H12N4/c1-10-3-2-4-13(12(10)7-14)16-8-11-5-6-15-9-17-11/h2-6,9,16H,8H2,1H3. The Morgan fingerprint density at radius 3 is 2.94 bits per heavy atom. The van der Waals surface area contributed by atoms with Crippen LogP contribution in [0.3, 0.4) is 0 Å². The zero-order chi connectivity index (χ0) is 12.1. The van der Waals surface area contributed by atoms with Gasteiger partial charge in [-0.15, -0.1) is 0 Å². The Bertz CT molecular complexity index is 543. The predicted octanol–water partition coefficient (Wildman–Crippen LogP) is 2.27. The fraction of sp³-hybridized carbons (Fsp3) is 0.154. The van der Waals surface area contributed by atoms with Gasteiger partial charge < -0.3 is 5.32 Å². The van der Waals surface area contributed by atoms with Crippen LogP contribution in [0.5, 0.6) is 0 Å². The number of nitrogens with zero attached hydrogens (tertiary/aromatic N) is 3. The molecular formula is C13H12N4. The molecule has 0 aliphatic carbocycles. The predicted molar refractivity (Wildman–Crippen MR) is 65.3 cm³/mol. The highest BCUT2D eigenvalue weighted by Gasteiger charge is 2.04. The second-order valence-corrected chi connectivity index (χ2v) is 3.66. The average molecular weight is 224 g/mol. The van der Waals surface area contributed by atoms with Crippen molar-refractivity contribution >= 4 is 5.69 Å². The SMILES string of the molecule is Cc1cccc(NCc2ccncn2)c1C#N. The van der Waals surface area contributed by atoms with Crippen molar-refractivity contribution in [1.82, 2.24) is 9.97 Å². The molecule has 2 rings (SSSR count). The van der Waals surface area contributed by atoms with E-state index < -0.39 is 0 Å². The van der Waals surface area contributed by atoms with E-state index in [0.29, 0.717) is 12.1 Å². The van der Waals surface area contributed by atoms with Gasteiger partial charge in [-0.25, -0.2) is 9.97 Å². The molecule has 0 saturated heterocycles. The lowest BCUT2D eigenvalue weighted by molar-refractivity contribution is 1.00. The van der Waals surface area contributed by atoms with E-state index in [4.69, 9.17) is 5.26 Å². The van der Waals surface area contributed by atoms with Crippen molar-refractivity contribution in [2.24, 2.45) is 0 Å². The molecule has 1 heterocycles. The third-order valence-corrected chi connectivity index (χ3v) is 2.49. The van der Waals surface area contributed by atoms with Gasteiger partial charge >= 0.3 is 0 Å². The van der Waals surface area contributed by atoms with Gasteiger partial charge in [-0.3, -0.25) is 0 Å². The number of aryl methyl sites for hydroxylation is 1. The Balaban J connectivity index is 2.15. The molecule has 2 aromatic rings. The summed E-state index contributed by atoms with van der Waals surface area (Å²) >= 11 is 0. The summed E-state index contributed by atoms with van der Waals surface area (Å²) in [5.74, 6) is 0. The van der Waals surface area contributed by atoms with Gasteiger partial charge in [0.15, 0.2) is 0 Å². The molecule has 4 nitrogen and oxygen atoms in total. The third kappa shape index (κ3) is 2.58. The minimum absolute atomic E-state index is 0.584. The number of benzene rings is 1. The molecule has 84 valence electrons. The molecule has 1 N–H and O–H groups in total. The largest absolute Gasteiger partial charge is 0.378 e. The lowest BCUT2D eigenvalue weighted by Gasteiger charge is -2.09. The van der Waals surface area contributed by atoms with Gasteiger partial charge in [0, 0.05) is 6.20 Å². The quantitative estimate of drug-likeness (QED) is 0.868. The highest BCUT2D eigenvalue weighted by atomic mass is 14.9. The molecule has 0 amide bonds. The number of aromatic nitrogens is 2. The van der Waals surface area contributed by atoms with E-state index in [1.807, 2.05) is 31.2 Å². The Hall–Kier alpha value is -2.41. The molecule has 0 bridgehead atoms. The summed E-state index contributed by atoms with van der Waals surface area (Å²) in [4.78, 5) is 7.97. The summed E-state index contributed by atoms with van der Waals surface area (Å²) in [6.45, 7) is 2.51. The molecule has 0 radical (unpaired) electrons. The first-order valence-electron chi connectivity index (χ1n) is 5.29. The van der Waals surface area contributed by atoms with Crippen molar-refractivity contribution < 1.29 is 0 Å². The Kier molecular flexibility index (Phi) is 3.31. The van der Waals surface area contributed by atoms with E-state index >= 15 is 0 Å². The van der Waals surface area contributed by atoms with Crippen LogP contribution in [-0.2, 0) is 6.54 Å². The molecule has 4 heteroatoms. The van der Waals surface area contributed by atoms with Crippen LogP contribution in [0, 0.1) is 18.3 Å².